The fourth-order valence-corrected chi connectivity index (χ4v) is 3.77. The number of piperidine rings is 1. The zero-order valence-electron chi connectivity index (χ0n) is 15.5. The van der Waals surface area contributed by atoms with Crippen LogP contribution in [0.3, 0.4) is 0 Å². The minimum atomic E-state index is -0.442. The standard InChI is InChI=1S/C19H31NO4/c1-5-23-16(21)7-6-15-8-9-19(14-15)10-12-20(13-11-19)17(22)24-18(2,3)4/h6-7,15H,5,8-14H2,1-4H3/b7-6+. The molecule has 1 heterocycles. The monoisotopic (exact) mass is 337 g/mol. The molecule has 1 aliphatic heterocycles. The van der Waals surface area contributed by atoms with Gasteiger partial charge in [-0.15, -0.1) is 0 Å². The molecule has 136 valence electrons. The second-order valence-electron chi connectivity index (χ2n) is 8.08. The molecular formula is C19H31NO4. The van der Waals surface area contributed by atoms with Crippen LogP contribution in [0.2, 0.25) is 0 Å². The van der Waals surface area contributed by atoms with Gasteiger partial charge >= 0.3 is 12.1 Å². The van der Waals surface area contributed by atoms with E-state index in [2.05, 4.69) is 0 Å². The van der Waals surface area contributed by atoms with Crippen molar-refractivity contribution in [1.29, 1.82) is 0 Å². The summed E-state index contributed by atoms with van der Waals surface area (Å²) in [5.41, 5.74) is -0.120. The second kappa shape index (κ2) is 7.58. The number of nitrogens with zero attached hydrogens (tertiary/aromatic N) is 1. The van der Waals surface area contributed by atoms with Crippen molar-refractivity contribution < 1.29 is 19.1 Å². The Morgan fingerprint density at radius 2 is 1.88 bits per heavy atom. The van der Waals surface area contributed by atoms with Crippen molar-refractivity contribution in [3.63, 3.8) is 0 Å². The molecule has 0 bridgehead atoms. The topological polar surface area (TPSA) is 55.8 Å². The van der Waals surface area contributed by atoms with E-state index in [4.69, 9.17) is 9.47 Å². The molecule has 1 saturated carbocycles. The SMILES string of the molecule is CCOC(=O)/C=C/C1CCC2(CCN(C(=O)OC(C)(C)C)CC2)C1. The molecule has 5 nitrogen and oxygen atoms in total. The molecule has 0 aromatic rings. The number of allylic oxidation sites excluding steroid dienone is 1. The van der Waals surface area contributed by atoms with Crippen LogP contribution in [0.25, 0.3) is 0 Å². The van der Waals surface area contributed by atoms with E-state index in [1.807, 2.05) is 38.7 Å². The number of rotatable bonds is 3. The summed E-state index contributed by atoms with van der Waals surface area (Å²) in [4.78, 5) is 25.4. The molecule has 5 heteroatoms. The maximum atomic E-state index is 12.2. The van der Waals surface area contributed by atoms with E-state index in [0.717, 1.165) is 38.8 Å². The number of hydrogen-bond acceptors (Lipinski definition) is 4. The molecule has 1 atom stereocenters. The molecule has 1 aliphatic carbocycles. The third kappa shape index (κ3) is 5.25. The van der Waals surface area contributed by atoms with Gasteiger partial charge in [0.2, 0.25) is 0 Å². The van der Waals surface area contributed by atoms with Gasteiger partial charge in [0.15, 0.2) is 0 Å². The molecule has 1 unspecified atom stereocenters. The molecule has 0 aromatic carbocycles. The van der Waals surface area contributed by atoms with Gasteiger partial charge in [0.25, 0.3) is 0 Å². The largest absolute Gasteiger partial charge is 0.463 e. The van der Waals surface area contributed by atoms with Crippen molar-refractivity contribution in [3.8, 4) is 0 Å². The molecular weight excluding hydrogens is 306 g/mol. The number of amides is 1. The molecule has 1 amide bonds. The van der Waals surface area contributed by atoms with Gasteiger partial charge in [-0.3, -0.25) is 0 Å². The zero-order valence-corrected chi connectivity index (χ0v) is 15.5. The highest BCUT2D eigenvalue weighted by Gasteiger charge is 2.41. The van der Waals surface area contributed by atoms with E-state index in [9.17, 15) is 9.59 Å². The summed E-state index contributed by atoms with van der Waals surface area (Å²) in [5.74, 6) is 0.195. The van der Waals surface area contributed by atoms with Crippen LogP contribution in [0.1, 0.15) is 59.8 Å². The average molecular weight is 337 g/mol. The predicted molar refractivity (Wildman–Crippen MR) is 92.6 cm³/mol. The summed E-state index contributed by atoms with van der Waals surface area (Å²) in [6.07, 6.45) is 8.82. The molecule has 2 aliphatic rings. The Morgan fingerprint density at radius 1 is 1.21 bits per heavy atom. The van der Waals surface area contributed by atoms with Crippen molar-refractivity contribution in [1.82, 2.24) is 4.90 Å². The Morgan fingerprint density at radius 3 is 2.46 bits per heavy atom. The number of hydrogen-bond donors (Lipinski definition) is 0. The van der Waals surface area contributed by atoms with E-state index in [1.54, 1.807) is 6.08 Å². The van der Waals surface area contributed by atoms with Gasteiger partial charge < -0.3 is 14.4 Å². The van der Waals surface area contributed by atoms with Crippen molar-refractivity contribution >= 4 is 12.1 Å². The van der Waals surface area contributed by atoms with Crippen LogP contribution in [0.5, 0.6) is 0 Å². The van der Waals surface area contributed by atoms with Crippen LogP contribution in [0, 0.1) is 11.3 Å². The first-order valence-electron chi connectivity index (χ1n) is 9.06. The highest BCUT2D eigenvalue weighted by molar-refractivity contribution is 5.81. The first-order chi connectivity index (χ1) is 11.2. The Balaban J connectivity index is 1.82. The Kier molecular flexibility index (Phi) is 5.94. The quantitative estimate of drug-likeness (QED) is 0.578. The Labute approximate surface area is 145 Å². The molecule has 24 heavy (non-hydrogen) atoms. The predicted octanol–water partition coefficient (Wildman–Crippen LogP) is 3.92. The summed E-state index contributed by atoms with van der Waals surface area (Å²) in [6, 6.07) is 0. The lowest BCUT2D eigenvalue weighted by Crippen LogP contribution is -2.44. The van der Waals surface area contributed by atoms with Gasteiger partial charge in [-0.1, -0.05) is 6.08 Å². The number of carbonyl (C=O) groups is 2. The van der Waals surface area contributed by atoms with E-state index in [1.165, 1.54) is 6.42 Å². The maximum Gasteiger partial charge on any atom is 0.410 e. The molecule has 0 N–H and O–H groups in total. The van der Waals surface area contributed by atoms with Gasteiger partial charge in [0.05, 0.1) is 6.61 Å². The summed E-state index contributed by atoms with van der Waals surface area (Å²) in [5, 5.41) is 0. The fraction of sp³-hybridized carbons (Fsp3) is 0.789. The molecule has 2 rings (SSSR count). The number of esters is 1. The van der Waals surface area contributed by atoms with Gasteiger partial charge in [-0.05, 0) is 71.1 Å². The number of likely N-dealkylation sites (tertiary alicyclic amines) is 1. The minimum Gasteiger partial charge on any atom is -0.463 e. The van der Waals surface area contributed by atoms with E-state index >= 15 is 0 Å². The van der Waals surface area contributed by atoms with Gasteiger partial charge in [-0.2, -0.15) is 0 Å². The first kappa shape index (κ1) is 18.8. The Bertz CT molecular complexity index is 484. The number of carbonyl (C=O) groups excluding carboxylic acids is 2. The molecule has 0 aromatic heterocycles. The van der Waals surface area contributed by atoms with Crippen molar-refractivity contribution in [2.75, 3.05) is 19.7 Å². The van der Waals surface area contributed by atoms with Crippen molar-refractivity contribution in [2.24, 2.45) is 11.3 Å². The smallest absolute Gasteiger partial charge is 0.410 e. The summed E-state index contributed by atoms with van der Waals surface area (Å²) < 4.78 is 10.4. The van der Waals surface area contributed by atoms with Crippen LogP contribution < -0.4 is 0 Å². The van der Waals surface area contributed by atoms with E-state index in [-0.39, 0.29) is 12.1 Å². The summed E-state index contributed by atoms with van der Waals surface area (Å²) >= 11 is 0. The lowest BCUT2D eigenvalue weighted by molar-refractivity contribution is -0.137. The summed E-state index contributed by atoms with van der Waals surface area (Å²) in [6.45, 7) is 9.45. The zero-order chi connectivity index (χ0) is 17.8. The van der Waals surface area contributed by atoms with Crippen LogP contribution in [0.4, 0.5) is 4.79 Å². The minimum absolute atomic E-state index is 0.200. The van der Waals surface area contributed by atoms with Crippen LogP contribution in [0.15, 0.2) is 12.2 Å². The number of ether oxygens (including phenoxy) is 2. The van der Waals surface area contributed by atoms with Gasteiger partial charge in [-0.25, -0.2) is 9.59 Å². The molecule has 2 fully saturated rings. The van der Waals surface area contributed by atoms with Crippen molar-refractivity contribution in [3.05, 3.63) is 12.2 Å². The van der Waals surface area contributed by atoms with E-state index in [0.29, 0.717) is 17.9 Å². The van der Waals surface area contributed by atoms with E-state index < -0.39 is 5.60 Å². The van der Waals surface area contributed by atoms with Gasteiger partial charge in [0.1, 0.15) is 5.60 Å². The van der Waals surface area contributed by atoms with Crippen molar-refractivity contribution in [2.45, 2.75) is 65.4 Å². The first-order valence-corrected chi connectivity index (χ1v) is 9.06. The average Bonchev–Trinajstić information content (AvgIpc) is 2.87. The van der Waals surface area contributed by atoms with Crippen LogP contribution in [-0.4, -0.2) is 42.3 Å². The third-order valence-corrected chi connectivity index (χ3v) is 5.01. The van der Waals surface area contributed by atoms with Crippen LogP contribution in [-0.2, 0) is 14.3 Å². The third-order valence-electron chi connectivity index (χ3n) is 5.01. The highest BCUT2D eigenvalue weighted by atomic mass is 16.6. The Hall–Kier alpha value is -1.52. The summed E-state index contributed by atoms with van der Waals surface area (Å²) in [7, 11) is 0. The lowest BCUT2D eigenvalue weighted by Gasteiger charge is -2.39. The van der Waals surface area contributed by atoms with Crippen LogP contribution >= 0.6 is 0 Å². The normalized spacial score (nSPS) is 23.7. The molecule has 1 spiro atoms. The lowest BCUT2D eigenvalue weighted by atomic mass is 9.76. The molecule has 1 saturated heterocycles. The molecule has 0 radical (unpaired) electrons. The van der Waals surface area contributed by atoms with Gasteiger partial charge in [0, 0.05) is 19.2 Å². The second-order valence-corrected chi connectivity index (χ2v) is 8.08. The fourth-order valence-electron chi connectivity index (χ4n) is 3.77. The maximum absolute atomic E-state index is 12.2. The highest BCUT2D eigenvalue weighted by Crippen LogP contribution is 2.49.